The first kappa shape index (κ1) is 14.8. The van der Waals surface area contributed by atoms with E-state index in [4.69, 9.17) is 16.7 Å². The van der Waals surface area contributed by atoms with Crippen LogP contribution in [-0.4, -0.2) is 14.9 Å². The summed E-state index contributed by atoms with van der Waals surface area (Å²) in [6, 6.07) is 14.4. The number of hydrogen-bond donors (Lipinski definition) is 1. The van der Waals surface area contributed by atoms with E-state index in [9.17, 15) is 0 Å². The second kappa shape index (κ2) is 6.34. The average molecular weight is 313 g/mol. The fraction of sp³-hybridized carbons (Fsp3) is 0.167. The van der Waals surface area contributed by atoms with Crippen LogP contribution < -0.4 is 0 Å². The number of aliphatic hydroxyl groups excluding tert-OH is 1. The molecule has 4 heteroatoms. The Hall–Kier alpha value is -2.10. The smallest absolute Gasteiger partial charge is 0.0712 e. The Morgan fingerprint density at radius 2 is 1.86 bits per heavy atom. The van der Waals surface area contributed by atoms with Crippen molar-refractivity contribution in [2.45, 2.75) is 20.1 Å². The number of benzene rings is 2. The summed E-state index contributed by atoms with van der Waals surface area (Å²) < 4.78 is 1.83. The molecule has 22 heavy (non-hydrogen) atoms. The first-order valence-corrected chi connectivity index (χ1v) is 7.51. The Morgan fingerprint density at radius 1 is 1.09 bits per heavy atom. The van der Waals surface area contributed by atoms with Gasteiger partial charge in [0.05, 0.1) is 19.3 Å². The largest absolute Gasteiger partial charge is 0.392 e. The Balaban J connectivity index is 1.80. The number of aryl methyl sites for hydroxylation is 1. The summed E-state index contributed by atoms with van der Waals surface area (Å²) in [6.07, 6.45) is 3.54. The number of aromatic nitrogens is 2. The van der Waals surface area contributed by atoms with Crippen LogP contribution in [0.2, 0.25) is 5.02 Å². The topological polar surface area (TPSA) is 38.0 Å². The minimum Gasteiger partial charge on any atom is -0.392 e. The summed E-state index contributed by atoms with van der Waals surface area (Å²) in [5.41, 5.74) is 5.53. The second-order valence-corrected chi connectivity index (χ2v) is 5.80. The molecule has 1 heterocycles. The SMILES string of the molecule is Cc1cc(Cl)ccc1-c1ccc(Cn2cc(CO)cn2)cc1. The van der Waals surface area contributed by atoms with Crippen molar-refractivity contribution in [3.8, 4) is 11.1 Å². The fourth-order valence-electron chi connectivity index (χ4n) is 2.50. The van der Waals surface area contributed by atoms with Crippen molar-refractivity contribution in [3.63, 3.8) is 0 Å². The first-order valence-electron chi connectivity index (χ1n) is 7.13. The van der Waals surface area contributed by atoms with E-state index in [0.29, 0.717) is 6.54 Å². The van der Waals surface area contributed by atoms with Crippen LogP contribution in [0.4, 0.5) is 0 Å². The van der Waals surface area contributed by atoms with Gasteiger partial charge in [0.2, 0.25) is 0 Å². The third kappa shape index (κ3) is 3.21. The zero-order valence-electron chi connectivity index (χ0n) is 12.3. The van der Waals surface area contributed by atoms with Gasteiger partial charge in [-0.3, -0.25) is 4.68 Å². The van der Waals surface area contributed by atoms with Gasteiger partial charge in [-0.1, -0.05) is 41.9 Å². The molecular formula is C18H17ClN2O. The summed E-state index contributed by atoms with van der Waals surface area (Å²) >= 11 is 6.01. The van der Waals surface area contributed by atoms with E-state index in [2.05, 4.69) is 36.3 Å². The molecule has 0 saturated heterocycles. The molecule has 0 spiro atoms. The van der Waals surface area contributed by atoms with Gasteiger partial charge in [0.1, 0.15) is 0 Å². The van der Waals surface area contributed by atoms with E-state index in [0.717, 1.165) is 10.6 Å². The van der Waals surface area contributed by atoms with Gasteiger partial charge >= 0.3 is 0 Å². The summed E-state index contributed by atoms with van der Waals surface area (Å²) in [4.78, 5) is 0. The minimum atomic E-state index is 0.0226. The number of nitrogens with zero attached hydrogens (tertiary/aromatic N) is 2. The number of halogens is 1. The van der Waals surface area contributed by atoms with Crippen LogP contribution in [0.3, 0.4) is 0 Å². The Labute approximate surface area is 134 Å². The summed E-state index contributed by atoms with van der Waals surface area (Å²) in [5, 5.41) is 14.1. The quantitative estimate of drug-likeness (QED) is 0.789. The maximum absolute atomic E-state index is 9.06. The normalized spacial score (nSPS) is 10.9. The Kier molecular flexibility index (Phi) is 4.27. The molecule has 0 bridgehead atoms. The fourth-order valence-corrected chi connectivity index (χ4v) is 2.73. The lowest BCUT2D eigenvalue weighted by atomic mass is 9.99. The third-order valence-corrected chi connectivity index (χ3v) is 3.90. The van der Waals surface area contributed by atoms with Crippen LogP contribution in [0.15, 0.2) is 54.9 Å². The van der Waals surface area contributed by atoms with Gasteiger partial charge in [-0.25, -0.2) is 0 Å². The van der Waals surface area contributed by atoms with Crippen molar-refractivity contribution in [2.75, 3.05) is 0 Å². The van der Waals surface area contributed by atoms with Crippen molar-refractivity contribution in [1.82, 2.24) is 9.78 Å². The average Bonchev–Trinajstić information content (AvgIpc) is 2.96. The molecule has 0 saturated carbocycles. The Morgan fingerprint density at radius 3 is 2.50 bits per heavy atom. The highest BCUT2D eigenvalue weighted by Crippen LogP contribution is 2.26. The van der Waals surface area contributed by atoms with Crippen LogP contribution >= 0.6 is 11.6 Å². The van der Waals surface area contributed by atoms with Crippen LogP contribution in [0.25, 0.3) is 11.1 Å². The Bertz CT molecular complexity index is 778. The highest BCUT2D eigenvalue weighted by atomic mass is 35.5. The second-order valence-electron chi connectivity index (χ2n) is 5.36. The van der Waals surface area contributed by atoms with Crippen LogP contribution in [-0.2, 0) is 13.2 Å². The third-order valence-electron chi connectivity index (χ3n) is 3.67. The lowest BCUT2D eigenvalue weighted by Crippen LogP contribution is -1.99. The molecular weight excluding hydrogens is 296 g/mol. The molecule has 1 N–H and O–H groups in total. The molecule has 0 atom stereocenters. The van der Waals surface area contributed by atoms with E-state index < -0.39 is 0 Å². The van der Waals surface area contributed by atoms with Crippen molar-refractivity contribution < 1.29 is 5.11 Å². The molecule has 0 fully saturated rings. The molecule has 0 aliphatic heterocycles. The molecule has 3 nitrogen and oxygen atoms in total. The van der Waals surface area contributed by atoms with Crippen LogP contribution in [0.1, 0.15) is 16.7 Å². The van der Waals surface area contributed by atoms with Gasteiger partial charge < -0.3 is 5.11 Å². The lowest BCUT2D eigenvalue weighted by molar-refractivity contribution is 0.281. The minimum absolute atomic E-state index is 0.0226. The van der Waals surface area contributed by atoms with Crippen LogP contribution in [0, 0.1) is 6.92 Å². The van der Waals surface area contributed by atoms with Crippen molar-refractivity contribution in [3.05, 3.63) is 76.6 Å². The van der Waals surface area contributed by atoms with E-state index in [1.165, 1.54) is 22.3 Å². The van der Waals surface area contributed by atoms with E-state index >= 15 is 0 Å². The van der Waals surface area contributed by atoms with E-state index in [-0.39, 0.29) is 6.61 Å². The predicted octanol–water partition coefficient (Wildman–Crippen LogP) is 4.05. The highest BCUT2D eigenvalue weighted by Gasteiger charge is 2.04. The molecule has 0 aliphatic rings. The molecule has 0 amide bonds. The maximum atomic E-state index is 9.06. The van der Waals surface area contributed by atoms with Crippen molar-refractivity contribution in [1.29, 1.82) is 0 Å². The van der Waals surface area contributed by atoms with Gasteiger partial charge in [-0.15, -0.1) is 0 Å². The van der Waals surface area contributed by atoms with Crippen molar-refractivity contribution >= 4 is 11.6 Å². The molecule has 0 radical (unpaired) electrons. The molecule has 112 valence electrons. The van der Waals surface area contributed by atoms with E-state index in [1.54, 1.807) is 6.20 Å². The van der Waals surface area contributed by atoms with E-state index in [1.807, 2.05) is 29.1 Å². The molecule has 3 aromatic rings. The van der Waals surface area contributed by atoms with Gasteiger partial charge in [0, 0.05) is 16.8 Å². The summed E-state index contributed by atoms with van der Waals surface area (Å²) in [7, 11) is 0. The van der Waals surface area contributed by atoms with Crippen molar-refractivity contribution in [2.24, 2.45) is 0 Å². The zero-order valence-corrected chi connectivity index (χ0v) is 13.1. The molecule has 0 unspecified atom stereocenters. The van der Waals surface area contributed by atoms with Crippen LogP contribution in [0.5, 0.6) is 0 Å². The predicted molar refractivity (Wildman–Crippen MR) is 88.9 cm³/mol. The first-order chi connectivity index (χ1) is 10.7. The number of aliphatic hydroxyl groups is 1. The molecule has 2 aromatic carbocycles. The van der Waals surface area contributed by atoms with Gasteiger partial charge in [-0.05, 0) is 41.3 Å². The molecule has 0 aliphatic carbocycles. The van der Waals surface area contributed by atoms with Gasteiger partial charge in [-0.2, -0.15) is 5.10 Å². The lowest BCUT2D eigenvalue weighted by Gasteiger charge is -2.08. The summed E-state index contributed by atoms with van der Waals surface area (Å²) in [6.45, 7) is 2.78. The number of rotatable bonds is 4. The standard InChI is InChI=1S/C18H17ClN2O/c1-13-8-17(19)6-7-18(13)16-4-2-14(3-5-16)10-21-11-15(12-22)9-20-21/h2-9,11,22H,10,12H2,1H3. The molecule has 3 rings (SSSR count). The highest BCUT2D eigenvalue weighted by molar-refractivity contribution is 6.30. The van der Waals surface area contributed by atoms with Gasteiger partial charge in [0.25, 0.3) is 0 Å². The maximum Gasteiger partial charge on any atom is 0.0712 e. The zero-order chi connectivity index (χ0) is 15.5. The van der Waals surface area contributed by atoms with Gasteiger partial charge in [0.15, 0.2) is 0 Å². The summed E-state index contributed by atoms with van der Waals surface area (Å²) in [5.74, 6) is 0. The molecule has 1 aromatic heterocycles. The number of hydrogen-bond acceptors (Lipinski definition) is 2. The monoisotopic (exact) mass is 312 g/mol.